The van der Waals surface area contributed by atoms with Crippen LogP contribution in [0, 0.1) is 0 Å². The first-order valence-corrected chi connectivity index (χ1v) is 7.86. The van der Waals surface area contributed by atoms with Crippen molar-refractivity contribution in [2.45, 2.75) is 9.79 Å². The van der Waals surface area contributed by atoms with Crippen LogP contribution in [-0.2, 0) is 9.84 Å². The monoisotopic (exact) mass is 298 g/mol. The molecule has 5 heteroatoms. The summed E-state index contributed by atoms with van der Waals surface area (Å²) < 4.78 is 25.6. The molecule has 4 nitrogen and oxygen atoms in total. The maximum atomic E-state index is 12.8. The van der Waals surface area contributed by atoms with Gasteiger partial charge in [-0.25, -0.2) is 8.42 Å². The third-order valence-corrected chi connectivity index (χ3v) is 5.19. The summed E-state index contributed by atoms with van der Waals surface area (Å²) in [6, 6.07) is 16.6. The number of nitrogens with two attached hydrogens (primary N) is 2. The molecule has 3 aromatic rings. The van der Waals surface area contributed by atoms with Crippen LogP contribution in [0.2, 0.25) is 0 Å². The molecule has 0 aliphatic heterocycles. The zero-order chi connectivity index (χ0) is 15.0. The number of nitrogen functional groups attached to an aromatic ring is 2. The highest BCUT2D eigenvalue weighted by atomic mass is 32.2. The van der Waals surface area contributed by atoms with Gasteiger partial charge in [0.15, 0.2) is 0 Å². The molecule has 0 aliphatic carbocycles. The lowest BCUT2D eigenvalue weighted by atomic mass is 10.1. The van der Waals surface area contributed by atoms with Crippen molar-refractivity contribution in [3.8, 4) is 0 Å². The normalized spacial score (nSPS) is 11.6. The summed E-state index contributed by atoms with van der Waals surface area (Å²) in [5.41, 5.74) is 12.6. The number of anilines is 2. The van der Waals surface area contributed by atoms with E-state index in [2.05, 4.69) is 0 Å². The molecule has 0 fully saturated rings. The number of fused-ring (bicyclic) bond motifs is 1. The van der Waals surface area contributed by atoms with Crippen molar-refractivity contribution in [3.05, 3.63) is 60.7 Å². The molecule has 3 aromatic carbocycles. The van der Waals surface area contributed by atoms with Gasteiger partial charge in [0.25, 0.3) is 0 Å². The molecule has 106 valence electrons. The van der Waals surface area contributed by atoms with Crippen molar-refractivity contribution in [2.75, 3.05) is 11.5 Å². The number of hydrogen-bond donors (Lipinski definition) is 2. The van der Waals surface area contributed by atoms with Crippen LogP contribution < -0.4 is 11.5 Å². The maximum absolute atomic E-state index is 12.8. The van der Waals surface area contributed by atoms with E-state index in [0.29, 0.717) is 16.8 Å². The predicted octanol–water partition coefficient (Wildman–Crippen LogP) is 2.84. The number of hydrogen-bond acceptors (Lipinski definition) is 4. The van der Waals surface area contributed by atoms with E-state index in [1.165, 1.54) is 18.2 Å². The lowest BCUT2D eigenvalue weighted by Crippen LogP contribution is -2.04. The van der Waals surface area contributed by atoms with E-state index in [-0.39, 0.29) is 9.79 Å². The van der Waals surface area contributed by atoms with E-state index >= 15 is 0 Å². The molecule has 0 aliphatic rings. The molecular formula is C16H14N2O2S. The second-order valence-corrected chi connectivity index (χ2v) is 6.69. The molecular weight excluding hydrogens is 284 g/mol. The second kappa shape index (κ2) is 4.79. The van der Waals surface area contributed by atoms with Crippen LogP contribution in [0.4, 0.5) is 11.4 Å². The molecule has 0 aromatic heterocycles. The molecule has 0 heterocycles. The molecule has 0 saturated carbocycles. The van der Waals surface area contributed by atoms with Gasteiger partial charge in [-0.05, 0) is 30.3 Å². The van der Waals surface area contributed by atoms with Crippen LogP contribution >= 0.6 is 0 Å². The Morgan fingerprint density at radius 3 is 2.19 bits per heavy atom. The standard InChI is InChI=1S/C16H14N2O2S/c17-11-4-3-5-12(10-11)21(19,20)16-9-8-15(18)13-6-1-2-7-14(13)16/h1-10H,17-18H2. The first-order chi connectivity index (χ1) is 10.00. The van der Waals surface area contributed by atoms with Gasteiger partial charge in [-0.15, -0.1) is 0 Å². The van der Waals surface area contributed by atoms with Crippen LogP contribution in [-0.4, -0.2) is 8.42 Å². The van der Waals surface area contributed by atoms with Crippen LogP contribution in [0.15, 0.2) is 70.5 Å². The Balaban J connectivity index is 2.32. The molecule has 21 heavy (non-hydrogen) atoms. The zero-order valence-corrected chi connectivity index (χ0v) is 12.0. The predicted molar refractivity (Wildman–Crippen MR) is 84.7 cm³/mol. The molecule has 3 rings (SSSR count). The average molecular weight is 298 g/mol. The summed E-state index contributed by atoms with van der Waals surface area (Å²) in [5.74, 6) is 0. The minimum absolute atomic E-state index is 0.178. The summed E-state index contributed by atoms with van der Waals surface area (Å²) in [6.07, 6.45) is 0. The van der Waals surface area contributed by atoms with Gasteiger partial charge in [-0.1, -0.05) is 30.3 Å². The SMILES string of the molecule is Nc1cccc(S(=O)(=O)c2ccc(N)c3ccccc23)c1. The second-order valence-electron chi connectivity index (χ2n) is 4.77. The van der Waals surface area contributed by atoms with Gasteiger partial charge in [-0.2, -0.15) is 0 Å². The lowest BCUT2D eigenvalue weighted by molar-refractivity contribution is 0.597. The lowest BCUT2D eigenvalue weighted by Gasteiger charge is -2.10. The third kappa shape index (κ3) is 2.21. The molecule has 0 atom stereocenters. The Bertz CT molecular complexity index is 934. The van der Waals surface area contributed by atoms with Crippen LogP contribution in [0.1, 0.15) is 0 Å². The van der Waals surface area contributed by atoms with Gasteiger partial charge in [-0.3, -0.25) is 0 Å². The summed E-state index contributed by atoms with van der Waals surface area (Å²) in [7, 11) is -3.64. The van der Waals surface area contributed by atoms with Crippen LogP contribution in [0.3, 0.4) is 0 Å². The molecule has 0 unspecified atom stereocenters. The van der Waals surface area contributed by atoms with Gasteiger partial charge < -0.3 is 11.5 Å². The summed E-state index contributed by atoms with van der Waals surface area (Å²) >= 11 is 0. The van der Waals surface area contributed by atoms with Crippen molar-refractivity contribution in [3.63, 3.8) is 0 Å². The Morgan fingerprint density at radius 1 is 0.762 bits per heavy atom. The van der Waals surface area contributed by atoms with E-state index < -0.39 is 9.84 Å². The Hall–Kier alpha value is -2.53. The van der Waals surface area contributed by atoms with Gasteiger partial charge in [0.1, 0.15) is 0 Å². The van der Waals surface area contributed by atoms with Crippen LogP contribution in [0.5, 0.6) is 0 Å². The average Bonchev–Trinajstić information content (AvgIpc) is 2.47. The van der Waals surface area contributed by atoms with Crippen molar-refractivity contribution < 1.29 is 8.42 Å². The highest BCUT2D eigenvalue weighted by Crippen LogP contribution is 2.31. The summed E-state index contributed by atoms with van der Waals surface area (Å²) in [6.45, 7) is 0. The fourth-order valence-electron chi connectivity index (χ4n) is 2.34. The zero-order valence-electron chi connectivity index (χ0n) is 11.2. The van der Waals surface area contributed by atoms with Gasteiger partial charge in [0, 0.05) is 22.1 Å². The molecule has 0 radical (unpaired) electrons. The molecule has 0 bridgehead atoms. The minimum atomic E-state index is -3.64. The molecule has 4 N–H and O–H groups in total. The molecule has 0 amide bonds. The smallest absolute Gasteiger partial charge is 0.207 e. The summed E-state index contributed by atoms with van der Waals surface area (Å²) in [5, 5.41) is 1.34. The first kappa shape index (κ1) is 13.5. The topological polar surface area (TPSA) is 86.2 Å². The van der Waals surface area contributed by atoms with Gasteiger partial charge in [0.05, 0.1) is 9.79 Å². The fourth-order valence-corrected chi connectivity index (χ4v) is 3.86. The number of rotatable bonds is 2. The van der Waals surface area contributed by atoms with Crippen molar-refractivity contribution >= 4 is 32.0 Å². The van der Waals surface area contributed by atoms with E-state index in [1.54, 1.807) is 30.3 Å². The van der Waals surface area contributed by atoms with E-state index in [9.17, 15) is 8.42 Å². The maximum Gasteiger partial charge on any atom is 0.207 e. The molecule has 0 spiro atoms. The van der Waals surface area contributed by atoms with E-state index in [1.807, 2.05) is 12.1 Å². The quantitative estimate of drug-likeness (QED) is 0.712. The third-order valence-electron chi connectivity index (χ3n) is 3.38. The number of benzene rings is 3. The van der Waals surface area contributed by atoms with Crippen molar-refractivity contribution in [2.24, 2.45) is 0 Å². The highest BCUT2D eigenvalue weighted by molar-refractivity contribution is 7.91. The van der Waals surface area contributed by atoms with Gasteiger partial charge in [0.2, 0.25) is 9.84 Å². The largest absolute Gasteiger partial charge is 0.399 e. The first-order valence-electron chi connectivity index (χ1n) is 6.38. The fraction of sp³-hybridized carbons (Fsp3) is 0. The van der Waals surface area contributed by atoms with Gasteiger partial charge >= 0.3 is 0 Å². The highest BCUT2D eigenvalue weighted by Gasteiger charge is 2.20. The van der Waals surface area contributed by atoms with Crippen molar-refractivity contribution in [1.29, 1.82) is 0 Å². The molecule has 0 saturated heterocycles. The summed E-state index contributed by atoms with van der Waals surface area (Å²) in [4.78, 5) is 0.412. The van der Waals surface area contributed by atoms with Crippen molar-refractivity contribution in [1.82, 2.24) is 0 Å². The number of sulfone groups is 1. The van der Waals surface area contributed by atoms with Crippen LogP contribution in [0.25, 0.3) is 10.8 Å². The minimum Gasteiger partial charge on any atom is -0.399 e. The Labute approximate surface area is 122 Å². The Morgan fingerprint density at radius 2 is 1.48 bits per heavy atom. The van der Waals surface area contributed by atoms with E-state index in [4.69, 9.17) is 11.5 Å². The van der Waals surface area contributed by atoms with E-state index in [0.717, 1.165) is 5.39 Å². The Kier molecular flexibility index (Phi) is 3.07.